The lowest BCUT2D eigenvalue weighted by Crippen LogP contribution is -2.42. The van der Waals surface area contributed by atoms with Crippen LogP contribution in [0.1, 0.15) is 64.3 Å². The standard InChI is InChI=1S/C23H29N3O4S2/c1-14-11-15(2)13-26(12-14)32(29,30)17-9-7-16(8-10-17)22(28)25-23-20(21(24)27)18-5-3-4-6-19(18)31-23/h7-10,14-15H,3-6,11-13H2,1-2H3,(H2,24,27)(H,25,28)/t14-,15+. The van der Waals surface area contributed by atoms with Gasteiger partial charge in [0.25, 0.3) is 11.8 Å². The second-order valence-electron chi connectivity index (χ2n) is 9.03. The summed E-state index contributed by atoms with van der Waals surface area (Å²) in [5.74, 6) is -0.300. The average Bonchev–Trinajstić information content (AvgIpc) is 3.11. The first-order chi connectivity index (χ1) is 15.2. The number of anilines is 1. The molecule has 0 bridgehead atoms. The molecule has 0 unspecified atom stereocenters. The summed E-state index contributed by atoms with van der Waals surface area (Å²) in [7, 11) is -3.61. The molecule has 3 N–H and O–H groups in total. The van der Waals surface area contributed by atoms with Crippen LogP contribution < -0.4 is 11.1 Å². The number of amides is 2. The Labute approximate surface area is 193 Å². The van der Waals surface area contributed by atoms with Gasteiger partial charge >= 0.3 is 0 Å². The van der Waals surface area contributed by atoms with E-state index in [1.54, 1.807) is 0 Å². The molecule has 1 saturated heterocycles. The second-order valence-corrected chi connectivity index (χ2v) is 12.1. The number of carbonyl (C=O) groups is 2. The number of nitrogens with two attached hydrogens (primary N) is 1. The molecule has 0 radical (unpaired) electrons. The van der Waals surface area contributed by atoms with E-state index in [1.165, 1.54) is 39.9 Å². The highest BCUT2D eigenvalue weighted by molar-refractivity contribution is 7.89. The molecule has 1 aliphatic heterocycles. The Balaban J connectivity index is 1.53. The minimum atomic E-state index is -3.61. The molecule has 1 aromatic carbocycles. The van der Waals surface area contributed by atoms with Gasteiger partial charge in [0, 0.05) is 23.5 Å². The molecule has 2 aromatic rings. The topological polar surface area (TPSA) is 110 Å². The third kappa shape index (κ3) is 4.46. The third-order valence-corrected chi connectivity index (χ3v) is 9.29. The van der Waals surface area contributed by atoms with E-state index in [0.717, 1.165) is 42.5 Å². The fraction of sp³-hybridized carbons (Fsp3) is 0.478. The maximum absolute atomic E-state index is 13.1. The number of carbonyl (C=O) groups excluding carboxylic acids is 2. The quantitative estimate of drug-likeness (QED) is 0.688. The summed E-state index contributed by atoms with van der Waals surface area (Å²) in [5, 5.41) is 3.29. The molecule has 1 aromatic heterocycles. The number of hydrogen-bond donors (Lipinski definition) is 2. The van der Waals surface area contributed by atoms with E-state index >= 15 is 0 Å². The number of piperidine rings is 1. The zero-order valence-corrected chi connectivity index (χ0v) is 20.0. The Kier molecular flexibility index (Phi) is 6.42. The van der Waals surface area contributed by atoms with Gasteiger partial charge in [-0.3, -0.25) is 9.59 Å². The van der Waals surface area contributed by atoms with Gasteiger partial charge in [0.1, 0.15) is 5.00 Å². The Morgan fingerprint density at radius 1 is 1.06 bits per heavy atom. The van der Waals surface area contributed by atoms with E-state index in [1.807, 2.05) is 0 Å². The van der Waals surface area contributed by atoms with Crippen molar-refractivity contribution in [2.45, 2.75) is 50.8 Å². The summed E-state index contributed by atoms with van der Waals surface area (Å²) >= 11 is 1.40. The van der Waals surface area contributed by atoms with Crippen LogP contribution in [0.3, 0.4) is 0 Å². The fourth-order valence-corrected chi connectivity index (χ4v) is 7.79. The molecule has 0 saturated carbocycles. The smallest absolute Gasteiger partial charge is 0.256 e. The number of sulfonamides is 1. The van der Waals surface area contributed by atoms with Gasteiger partial charge in [0.05, 0.1) is 10.5 Å². The van der Waals surface area contributed by atoms with Crippen LogP contribution in [0.5, 0.6) is 0 Å². The Hall–Kier alpha value is -2.23. The van der Waals surface area contributed by atoms with Crippen LogP contribution in [0.25, 0.3) is 0 Å². The zero-order valence-electron chi connectivity index (χ0n) is 18.4. The third-order valence-electron chi connectivity index (χ3n) is 6.23. The molecule has 4 rings (SSSR count). The Morgan fingerprint density at radius 2 is 1.69 bits per heavy atom. The van der Waals surface area contributed by atoms with Gasteiger partial charge in [-0.1, -0.05) is 13.8 Å². The van der Waals surface area contributed by atoms with E-state index in [4.69, 9.17) is 5.73 Å². The van der Waals surface area contributed by atoms with Crippen molar-refractivity contribution in [2.75, 3.05) is 18.4 Å². The first-order valence-corrected chi connectivity index (χ1v) is 13.3. The number of rotatable bonds is 5. The predicted molar refractivity (Wildman–Crippen MR) is 126 cm³/mol. The molecule has 172 valence electrons. The lowest BCUT2D eigenvalue weighted by molar-refractivity contribution is 0.100. The van der Waals surface area contributed by atoms with Crippen LogP contribution in [0.4, 0.5) is 5.00 Å². The molecule has 2 amide bonds. The number of nitrogens with zero attached hydrogens (tertiary/aromatic N) is 1. The highest BCUT2D eigenvalue weighted by Gasteiger charge is 2.32. The molecule has 1 aliphatic carbocycles. The van der Waals surface area contributed by atoms with E-state index in [0.29, 0.717) is 41.1 Å². The van der Waals surface area contributed by atoms with Gasteiger partial charge in [-0.25, -0.2) is 8.42 Å². The lowest BCUT2D eigenvalue weighted by atomic mass is 9.94. The fourth-order valence-electron chi connectivity index (χ4n) is 4.82. The molecule has 32 heavy (non-hydrogen) atoms. The summed E-state index contributed by atoms with van der Waals surface area (Å²) in [6.45, 7) is 5.14. The van der Waals surface area contributed by atoms with E-state index in [9.17, 15) is 18.0 Å². The van der Waals surface area contributed by atoms with Crippen LogP contribution in [0.2, 0.25) is 0 Å². The predicted octanol–water partition coefficient (Wildman–Crippen LogP) is 3.64. The highest BCUT2D eigenvalue weighted by Crippen LogP contribution is 2.38. The van der Waals surface area contributed by atoms with Gasteiger partial charge in [0.2, 0.25) is 10.0 Å². The largest absolute Gasteiger partial charge is 0.365 e. The summed E-state index contributed by atoms with van der Waals surface area (Å²) in [5.41, 5.74) is 7.29. The molecule has 2 atom stereocenters. The number of benzene rings is 1. The summed E-state index contributed by atoms with van der Waals surface area (Å²) in [4.78, 5) is 26.1. The summed E-state index contributed by atoms with van der Waals surface area (Å²) in [6.07, 6.45) is 4.76. The van der Waals surface area contributed by atoms with E-state index in [2.05, 4.69) is 19.2 Å². The lowest BCUT2D eigenvalue weighted by Gasteiger charge is -2.34. The van der Waals surface area contributed by atoms with Crippen molar-refractivity contribution in [1.82, 2.24) is 4.31 Å². The molecule has 7 nitrogen and oxygen atoms in total. The second kappa shape index (κ2) is 8.96. The number of primary amides is 1. The van der Waals surface area contributed by atoms with Gasteiger partial charge in [-0.2, -0.15) is 4.31 Å². The minimum absolute atomic E-state index is 0.180. The van der Waals surface area contributed by atoms with Crippen LogP contribution >= 0.6 is 11.3 Å². The van der Waals surface area contributed by atoms with Crippen molar-refractivity contribution in [3.8, 4) is 0 Å². The monoisotopic (exact) mass is 475 g/mol. The number of hydrogen-bond acceptors (Lipinski definition) is 5. The normalized spacial score (nSPS) is 21.7. The number of thiophene rings is 1. The van der Waals surface area contributed by atoms with Crippen LogP contribution in [0.15, 0.2) is 29.2 Å². The first-order valence-electron chi connectivity index (χ1n) is 11.0. The van der Waals surface area contributed by atoms with Crippen LogP contribution in [0, 0.1) is 11.8 Å². The van der Waals surface area contributed by atoms with Crippen molar-refractivity contribution in [3.05, 3.63) is 45.8 Å². The number of nitrogens with one attached hydrogen (secondary N) is 1. The van der Waals surface area contributed by atoms with Crippen molar-refractivity contribution < 1.29 is 18.0 Å². The van der Waals surface area contributed by atoms with Crippen molar-refractivity contribution in [3.63, 3.8) is 0 Å². The number of fused-ring (bicyclic) bond motifs is 1. The number of aryl methyl sites for hydroxylation is 1. The molecule has 2 heterocycles. The summed E-state index contributed by atoms with van der Waals surface area (Å²) < 4.78 is 27.7. The van der Waals surface area contributed by atoms with Gasteiger partial charge in [0.15, 0.2) is 0 Å². The van der Waals surface area contributed by atoms with Crippen molar-refractivity contribution in [1.29, 1.82) is 0 Å². The minimum Gasteiger partial charge on any atom is -0.365 e. The molecular weight excluding hydrogens is 446 g/mol. The zero-order chi connectivity index (χ0) is 23.0. The Morgan fingerprint density at radius 3 is 2.31 bits per heavy atom. The molecule has 2 aliphatic rings. The van der Waals surface area contributed by atoms with Crippen LogP contribution in [-0.2, 0) is 22.9 Å². The van der Waals surface area contributed by atoms with Crippen molar-refractivity contribution >= 4 is 38.2 Å². The van der Waals surface area contributed by atoms with E-state index in [-0.39, 0.29) is 4.90 Å². The molecule has 0 spiro atoms. The maximum Gasteiger partial charge on any atom is 0.256 e. The van der Waals surface area contributed by atoms with Gasteiger partial charge in [-0.15, -0.1) is 11.3 Å². The SMILES string of the molecule is C[C@@H]1C[C@H](C)CN(S(=O)(=O)c2ccc(C(=O)Nc3sc4c(c3C(N)=O)CCCC4)cc2)C1. The van der Waals surface area contributed by atoms with Crippen LogP contribution in [-0.4, -0.2) is 37.6 Å². The highest BCUT2D eigenvalue weighted by atomic mass is 32.2. The van der Waals surface area contributed by atoms with E-state index < -0.39 is 21.8 Å². The maximum atomic E-state index is 13.1. The first kappa shape index (κ1) is 22.9. The molecular formula is C23H29N3O4S2. The summed E-state index contributed by atoms with van der Waals surface area (Å²) in [6, 6.07) is 5.97. The van der Waals surface area contributed by atoms with Gasteiger partial charge < -0.3 is 11.1 Å². The van der Waals surface area contributed by atoms with Gasteiger partial charge in [-0.05, 0) is 73.8 Å². The average molecular weight is 476 g/mol. The molecule has 1 fully saturated rings. The van der Waals surface area contributed by atoms with Crippen molar-refractivity contribution in [2.24, 2.45) is 17.6 Å². The Bertz CT molecular complexity index is 1130. The molecule has 9 heteroatoms.